The third kappa shape index (κ3) is 5.76. The fourth-order valence-corrected chi connectivity index (χ4v) is 2.21. The number of benzene rings is 2. The average molecular weight is 327 g/mol. The number of carbonyl (C=O) groups excluding carboxylic acids is 2. The van der Waals surface area contributed by atoms with E-state index in [9.17, 15) is 9.59 Å². The molecular weight excluding hydrogens is 306 g/mol. The maximum atomic E-state index is 11.8. The lowest BCUT2D eigenvalue weighted by Gasteiger charge is -2.08. The quantitative estimate of drug-likeness (QED) is 0.757. The van der Waals surface area contributed by atoms with E-state index in [1.807, 2.05) is 54.6 Å². The standard InChI is InChI=1S/C19H21NO4/c1-23-17-10-6-5-9-16(17)11-12-19(22)24-14-18(21)20-13-15-7-3-2-4-8-15/h2-10H,11-14H2,1H3,(H,20,21). The van der Waals surface area contributed by atoms with Crippen LogP contribution in [0.5, 0.6) is 5.75 Å². The fraction of sp³-hybridized carbons (Fsp3) is 0.263. The van der Waals surface area contributed by atoms with Crippen molar-refractivity contribution >= 4 is 11.9 Å². The van der Waals surface area contributed by atoms with Crippen molar-refractivity contribution in [3.63, 3.8) is 0 Å². The first-order valence-electron chi connectivity index (χ1n) is 7.77. The summed E-state index contributed by atoms with van der Waals surface area (Å²) in [5, 5.41) is 2.71. The van der Waals surface area contributed by atoms with Crippen LogP contribution in [0.4, 0.5) is 0 Å². The molecule has 0 bridgehead atoms. The third-order valence-corrected chi connectivity index (χ3v) is 3.49. The molecule has 5 nitrogen and oxygen atoms in total. The van der Waals surface area contributed by atoms with Gasteiger partial charge in [0.25, 0.3) is 5.91 Å². The van der Waals surface area contributed by atoms with Crippen molar-refractivity contribution in [2.75, 3.05) is 13.7 Å². The van der Waals surface area contributed by atoms with Crippen LogP contribution in [0.2, 0.25) is 0 Å². The monoisotopic (exact) mass is 327 g/mol. The lowest BCUT2D eigenvalue weighted by Crippen LogP contribution is -2.28. The minimum Gasteiger partial charge on any atom is -0.496 e. The number of methoxy groups -OCH3 is 1. The molecule has 2 aromatic rings. The Hall–Kier alpha value is -2.82. The van der Waals surface area contributed by atoms with E-state index < -0.39 is 5.97 Å². The van der Waals surface area contributed by atoms with E-state index in [4.69, 9.17) is 9.47 Å². The van der Waals surface area contributed by atoms with Gasteiger partial charge < -0.3 is 14.8 Å². The molecule has 0 saturated heterocycles. The van der Waals surface area contributed by atoms with Gasteiger partial charge in [-0.3, -0.25) is 9.59 Å². The molecule has 0 aliphatic heterocycles. The predicted octanol–water partition coefficient (Wildman–Crippen LogP) is 2.49. The Labute approximate surface area is 141 Å². The Morgan fingerprint density at radius 2 is 1.71 bits per heavy atom. The number of hydrogen-bond donors (Lipinski definition) is 1. The van der Waals surface area contributed by atoms with Crippen LogP contribution < -0.4 is 10.1 Å². The van der Waals surface area contributed by atoms with Crippen LogP contribution in [-0.2, 0) is 27.3 Å². The Morgan fingerprint density at radius 3 is 2.46 bits per heavy atom. The van der Waals surface area contributed by atoms with Gasteiger partial charge in [-0.25, -0.2) is 0 Å². The van der Waals surface area contributed by atoms with Gasteiger partial charge in [-0.05, 0) is 23.6 Å². The topological polar surface area (TPSA) is 64.6 Å². The second-order valence-electron chi connectivity index (χ2n) is 5.23. The molecule has 0 radical (unpaired) electrons. The van der Waals surface area contributed by atoms with Crippen LogP contribution in [0.1, 0.15) is 17.5 Å². The van der Waals surface area contributed by atoms with Crippen LogP contribution in [0.25, 0.3) is 0 Å². The third-order valence-electron chi connectivity index (χ3n) is 3.49. The number of aryl methyl sites for hydroxylation is 1. The van der Waals surface area contributed by atoms with Gasteiger partial charge >= 0.3 is 5.97 Å². The maximum Gasteiger partial charge on any atom is 0.306 e. The smallest absolute Gasteiger partial charge is 0.306 e. The Morgan fingerprint density at radius 1 is 1.00 bits per heavy atom. The van der Waals surface area contributed by atoms with Crippen molar-refractivity contribution in [1.29, 1.82) is 0 Å². The Kier molecular flexibility index (Phi) is 6.83. The molecule has 1 N–H and O–H groups in total. The molecule has 2 aromatic carbocycles. The van der Waals surface area contributed by atoms with Crippen molar-refractivity contribution in [3.05, 3.63) is 65.7 Å². The van der Waals surface area contributed by atoms with E-state index in [-0.39, 0.29) is 18.9 Å². The molecule has 1 amide bonds. The van der Waals surface area contributed by atoms with Gasteiger partial charge in [0.15, 0.2) is 6.61 Å². The van der Waals surface area contributed by atoms with Gasteiger partial charge in [0, 0.05) is 13.0 Å². The van der Waals surface area contributed by atoms with E-state index in [0.29, 0.717) is 13.0 Å². The first kappa shape index (κ1) is 17.5. The molecule has 5 heteroatoms. The summed E-state index contributed by atoms with van der Waals surface area (Å²) in [6.45, 7) is 0.149. The van der Waals surface area contributed by atoms with Crippen LogP contribution in [-0.4, -0.2) is 25.6 Å². The predicted molar refractivity (Wildman–Crippen MR) is 90.6 cm³/mol. The lowest BCUT2D eigenvalue weighted by molar-refractivity contribution is -0.148. The number of nitrogens with one attached hydrogen (secondary N) is 1. The first-order valence-corrected chi connectivity index (χ1v) is 7.77. The SMILES string of the molecule is COc1ccccc1CCC(=O)OCC(=O)NCc1ccccc1. The summed E-state index contributed by atoms with van der Waals surface area (Å²) in [6.07, 6.45) is 0.709. The summed E-state index contributed by atoms with van der Waals surface area (Å²) in [5.74, 6) is 0.0196. The molecule has 0 aliphatic rings. The van der Waals surface area contributed by atoms with Crippen molar-refractivity contribution in [2.24, 2.45) is 0 Å². The zero-order valence-electron chi connectivity index (χ0n) is 13.7. The summed E-state index contributed by atoms with van der Waals surface area (Å²) in [6, 6.07) is 17.1. The van der Waals surface area contributed by atoms with E-state index >= 15 is 0 Å². The number of carbonyl (C=O) groups is 2. The highest BCUT2D eigenvalue weighted by Crippen LogP contribution is 2.18. The molecule has 0 atom stereocenters. The van der Waals surface area contributed by atoms with Gasteiger partial charge in [-0.15, -0.1) is 0 Å². The summed E-state index contributed by atoms with van der Waals surface area (Å²) < 4.78 is 10.2. The fourth-order valence-electron chi connectivity index (χ4n) is 2.21. The minimum absolute atomic E-state index is 0.201. The second kappa shape index (κ2) is 9.35. The maximum absolute atomic E-state index is 11.8. The molecule has 126 valence electrons. The highest BCUT2D eigenvalue weighted by atomic mass is 16.5. The number of rotatable bonds is 8. The molecule has 0 fully saturated rings. The number of ether oxygens (including phenoxy) is 2. The van der Waals surface area contributed by atoms with Crippen molar-refractivity contribution < 1.29 is 19.1 Å². The number of para-hydroxylation sites is 1. The molecule has 24 heavy (non-hydrogen) atoms. The van der Waals surface area contributed by atoms with E-state index in [0.717, 1.165) is 16.9 Å². The van der Waals surface area contributed by atoms with Gasteiger partial charge in [-0.2, -0.15) is 0 Å². The molecule has 0 unspecified atom stereocenters. The summed E-state index contributed by atoms with van der Waals surface area (Å²) in [4.78, 5) is 23.4. The largest absolute Gasteiger partial charge is 0.496 e. The minimum atomic E-state index is -0.407. The van der Waals surface area contributed by atoms with Crippen molar-refractivity contribution in [1.82, 2.24) is 5.32 Å². The normalized spacial score (nSPS) is 10.0. The van der Waals surface area contributed by atoms with Gasteiger partial charge in [-0.1, -0.05) is 48.5 Å². The number of hydrogen-bond acceptors (Lipinski definition) is 4. The zero-order chi connectivity index (χ0) is 17.2. The van der Waals surface area contributed by atoms with Crippen LogP contribution in [0, 0.1) is 0 Å². The highest BCUT2D eigenvalue weighted by molar-refractivity contribution is 5.80. The summed E-state index contributed by atoms with van der Waals surface area (Å²) >= 11 is 0. The van der Waals surface area contributed by atoms with Crippen LogP contribution >= 0.6 is 0 Å². The lowest BCUT2D eigenvalue weighted by atomic mass is 10.1. The Balaban J connectivity index is 1.68. The van der Waals surface area contributed by atoms with Crippen LogP contribution in [0.3, 0.4) is 0 Å². The van der Waals surface area contributed by atoms with E-state index in [1.165, 1.54) is 0 Å². The van der Waals surface area contributed by atoms with Crippen molar-refractivity contribution in [3.8, 4) is 5.75 Å². The van der Waals surface area contributed by atoms with Gasteiger partial charge in [0.05, 0.1) is 7.11 Å². The second-order valence-corrected chi connectivity index (χ2v) is 5.23. The Bertz CT molecular complexity index is 670. The number of amides is 1. The van der Waals surface area contributed by atoms with Crippen molar-refractivity contribution in [2.45, 2.75) is 19.4 Å². The average Bonchev–Trinajstić information content (AvgIpc) is 2.64. The van der Waals surface area contributed by atoms with E-state index in [2.05, 4.69) is 5.32 Å². The number of esters is 1. The summed E-state index contributed by atoms with van der Waals surface area (Å²) in [7, 11) is 1.59. The molecule has 0 heterocycles. The summed E-state index contributed by atoms with van der Waals surface area (Å²) in [5.41, 5.74) is 1.93. The van der Waals surface area contributed by atoms with Gasteiger partial charge in [0.1, 0.15) is 5.75 Å². The molecule has 0 aromatic heterocycles. The highest BCUT2D eigenvalue weighted by Gasteiger charge is 2.09. The van der Waals surface area contributed by atoms with E-state index in [1.54, 1.807) is 7.11 Å². The van der Waals surface area contributed by atoms with Gasteiger partial charge in [0.2, 0.25) is 0 Å². The van der Waals surface area contributed by atoms with Crippen LogP contribution in [0.15, 0.2) is 54.6 Å². The molecule has 0 aliphatic carbocycles. The molecular formula is C19H21NO4. The molecule has 0 saturated carbocycles. The molecule has 0 spiro atoms. The zero-order valence-corrected chi connectivity index (χ0v) is 13.7. The molecule has 2 rings (SSSR count). The first-order chi connectivity index (χ1) is 11.7.